The summed E-state index contributed by atoms with van der Waals surface area (Å²) in [5.74, 6) is 1.34. The fourth-order valence-electron chi connectivity index (χ4n) is 3.81. The molecule has 2 fully saturated rings. The first-order chi connectivity index (χ1) is 15.5. The van der Waals surface area contributed by atoms with Crippen LogP contribution in [0, 0.1) is 12.8 Å². The van der Waals surface area contributed by atoms with E-state index >= 15 is 0 Å². The van der Waals surface area contributed by atoms with Crippen molar-refractivity contribution in [3.8, 4) is 0 Å². The first kappa shape index (κ1) is 21.4. The first-order valence-electron chi connectivity index (χ1n) is 10.9. The van der Waals surface area contributed by atoms with E-state index in [1.165, 1.54) is 0 Å². The van der Waals surface area contributed by atoms with E-state index in [1.807, 2.05) is 49.5 Å². The van der Waals surface area contributed by atoms with Crippen LogP contribution in [0.1, 0.15) is 29.7 Å². The van der Waals surface area contributed by atoms with E-state index in [-0.39, 0.29) is 5.92 Å². The number of pyridine rings is 1. The van der Waals surface area contributed by atoms with E-state index in [1.54, 1.807) is 23.1 Å². The van der Waals surface area contributed by atoms with Gasteiger partial charge in [0, 0.05) is 53.2 Å². The summed E-state index contributed by atoms with van der Waals surface area (Å²) in [4.78, 5) is 25.5. The van der Waals surface area contributed by atoms with Gasteiger partial charge in [-0.2, -0.15) is 0 Å². The lowest BCUT2D eigenvalue weighted by atomic mass is 10.1. The standard InChI is InChI=1S/C24H25FN4OS2/c1-15-13-26-24(31-15)28-22-11-19(29-9-8-18(25)14-29)12-23(27-22)32-20-6-2-16(3-7-20)10-21(30)17-4-5-17/h2-3,6-7,11-13,17-18H,4-5,8-10,14H2,1H3,(H,26,27,28)/t18-/m0/s1. The minimum Gasteiger partial charge on any atom is -0.368 e. The van der Waals surface area contributed by atoms with Crippen LogP contribution in [0.25, 0.3) is 0 Å². The third-order valence-electron chi connectivity index (χ3n) is 5.70. The smallest absolute Gasteiger partial charge is 0.188 e. The highest BCUT2D eigenvalue weighted by Crippen LogP contribution is 2.34. The lowest BCUT2D eigenvalue weighted by molar-refractivity contribution is -0.119. The Labute approximate surface area is 195 Å². The lowest BCUT2D eigenvalue weighted by Gasteiger charge is -2.19. The van der Waals surface area contributed by atoms with Crippen molar-refractivity contribution in [3.05, 3.63) is 53.0 Å². The highest BCUT2D eigenvalue weighted by molar-refractivity contribution is 7.99. The summed E-state index contributed by atoms with van der Waals surface area (Å²) < 4.78 is 13.8. The van der Waals surface area contributed by atoms with Gasteiger partial charge in [0.2, 0.25) is 0 Å². The number of nitrogens with zero attached hydrogens (tertiary/aromatic N) is 3. The van der Waals surface area contributed by atoms with E-state index in [9.17, 15) is 9.18 Å². The highest BCUT2D eigenvalue weighted by atomic mass is 32.2. The number of benzene rings is 1. The van der Waals surface area contributed by atoms with Crippen LogP contribution in [-0.4, -0.2) is 35.0 Å². The molecular weight excluding hydrogens is 443 g/mol. The summed E-state index contributed by atoms with van der Waals surface area (Å²) in [7, 11) is 0. The SMILES string of the molecule is Cc1cnc(Nc2cc(N3CC[C@H](F)C3)cc(Sc3ccc(CC(=O)C4CC4)cc3)n2)s1. The Kier molecular flexibility index (Phi) is 6.15. The quantitative estimate of drug-likeness (QED) is 0.450. The molecular formula is C24H25FN4OS2. The molecule has 2 aromatic heterocycles. The Morgan fingerprint density at radius 3 is 2.72 bits per heavy atom. The number of ketones is 1. The maximum absolute atomic E-state index is 13.8. The zero-order chi connectivity index (χ0) is 22.1. The molecule has 5 nitrogen and oxygen atoms in total. The van der Waals surface area contributed by atoms with Crippen molar-refractivity contribution in [2.75, 3.05) is 23.3 Å². The topological polar surface area (TPSA) is 58.1 Å². The van der Waals surface area contributed by atoms with Gasteiger partial charge in [-0.15, -0.1) is 11.3 Å². The lowest BCUT2D eigenvalue weighted by Crippen LogP contribution is -2.20. The number of halogens is 1. The van der Waals surface area contributed by atoms with Gasteiger partial charge in [0.25, 0.3) is 0 Å². The number of aromatic nitrogens is 2. The van der Waals surface area contributed by atoms with Crippen LogP contribution in [-0.2, 0) is 11.2 Å². The van der Waals surface area contributed by atoms with Crippen LogP contribution in [0.2, 0.25) is 0 Å². The van der Waals surface area contributed by atoms with Crippen molar-refractivity contribution in [1.82, 2.24) is 9.97 Å². The van der Waals surface area contributed by atoms with Crippen LogP contribution < -0.4 is 10.2 Å². The van der Waals surface area contributed by atoms with Crippen molar-refractivity contribution in [2.45, 2.75) is 48.7 Å². The van der Waals surface area contributed by atoms with Gasteiger partial charge in [-0.3, -0.25) is 4.79 Å². The highest BCUT2D eigenvalue weighted by Gasteiger charge is 2.29. The number of alkyl halides is 1. The molecule has 1 aliphatic heterocycles. The van der Waals surface area contributed by atoms with Crippen molar-refractivity contribution in [3.63, 3.8) is 0 Å². The second kappa shape index (κ2) is 9.19. The summed E-state index contributed by atoms with van der Waals surface area (Å²) in [5, 5.41) is 4.92. The molecule has 3 heterocycles. The summed E-state index contributed by atoms with van der Waals surface area (Å²) in [6, 6.07) is 12.1. The fraction of sp³-hybridized carbons (Fsp3) is 0.375. The predicted octanol–water partition coefficient (Wildman–Crippen LogP) is 5.81. The maximum Gasteiger partial charge on any atom is 0.188 e. The second-order valence-corrected chi connectivity index (χ2v) is 10.8. The molecule has 5 rings (SSSR count). The number of carbonyl (C=O) groups excluding carboxylic acids is 1. The number of hydrogen-bond acceptors (Lipinski definition) is 7. The van der Waals surface area contributed by atoms with Crippen LogP contribution in [0.15, 0.2) is 52.5 Å². The van der Waals surface area contributed by atoms with E-state index < -0.39 is 6.17 Å². The van der Waals surface area contributed by atoms with Crippen molar-refractivity contribution < 1.29 is 9.18 Å². The average Bonchev–Trinajstić information content (AvgIpc) is 3.42. The number of hydrogen-bond donors (Lipinski definition) is 1. The number of thiazole rings is 1. The molecule has 0 unspecified atom stereocenters. The Balaban J connectivity index is 1.35. The molecule has 0 amide bonds. The van der Waals surface area contributed by atoms with Crippen LogP contribution in [0.5, 0.6) is 0 Å². The molecule has 1 saturated carbocycles. The third kappa shape index (κ3) is 5.30. The van der Waals surface area contributed by atoms with Crippen LogP contribution >= 0.6 is 23.1 Å². The summed E-state index contributed by atoms with van der Waals surface area (Å²) in [6.07, 6.45) is 4.21. The molecule has 0 radical (unpaired) electrons. The molecule has 1 aromatic carbocycles. The molecule has 0 spiro atoms. The van der Waals surface area contributed by atoms with E-state index in [2.05, 4.69) is 15.2 Å². The van der Waals surface area contributed by atoms with Crippen LogP contribution in [0.3, 0.4) is 0 Å². The second-order valence-electron chi connectivity index (χ2n) is 8.45. The van der Waals surface area contributed by atoms with Gasteiger partial charge in [-0.25, -0.2) is 14.4 Å². The molecule has 0 bridgehead atoms. The number of rotatable bonds is 8. The van der Waals surface area contributed by atoms with Gasteiger partial charge < -0.3 is 10.2 Å². The largest absolute Gasteiger partial charge is 0.368 e. The Hall–Kier alpha value is -2.45. The van der Waals surface area contributed by atoms with Crippen molar-refractivity contribution in [1.29, 1.82) is 0 Å². The molecule has 166 valence electrons. The number of carbonyl (C=O) groups is 1. The van der Waals surface area contributed by atoms with Gasteiger partial charge in [-0.05, 0) is 49.9 Å². The van der Waals surface area contributed by atoms with Gasteiger partial charge in [0.15, 0.2) is 5.13 Å². The number of Topliss-reactive ketones (excluding diaryl/α,β-unsaturated/α-hetero) is 1. The van der Waals surface area contributed by atoms with Gasteiger partial charge in [0.1, 0.15) is 22.8 Å². The normalized spacial score (nSPS) is 18.2. The Morgan fingerprint density at radius 1 is 1.25 bits per heavy atom. The van der Waals surface area contributed by atoms with Gasteiger partial charge >= 0.3 is 0 Å². The zero-order valence-corrected chi connectivity index (χ0v) is 19.5. The average molecular weight is 469 g/mol. The van der Waals surface area contributed by atoms with Crippen molar-refractivity contribution >= 4 is 45.5 Å². The van der Waals surface area contributed by atoms with E-state index in [0.29, 0.717) is 37.5 Å². The monoisotopic (exact) mass is 468 g/mol. The summed E-state index contributed by atoms with van der Waals surface area (Å²) in [5.41, 5.74) is 2.02. The molecule has 8 heteroatoms. The molecule has 1 N–H and O–H groups in total. The zero-order valence-electron chi connectivity index (χ0n) is 17.9. The molecule has 3 aromatic rings. The number of aryl methyl sites for hydroxylation is 1. The Bertz CT molecular complexity index is 1110. The molecule has 1 aliphatic carbocycles. The van der Waals surface area contributed by atoms with Crippen molar-refractivity contribution in [2.24, 2.45) is 5.92 Å². The number of nitrogens with one attached hydrogen (secondary N) is 1. The minimum absolute atomic E-state index is 0.290. The molecule has 32 heavy (non-hydrogen) atoms. The van der Waals surface area contributed by atoms with Gasteiger partial charge in [0.05, 0.1) is 0 Å². The minimum atomic E-state index is -0.789. The van der Waals surface area contributed by atoms with Crippen LogP contribution in [0.4, 0.5) is 21.0 Å². The predicted molar refractivity (Wildman–Crippen MR) is 128 cm³/mol. The molecule has 1 saturated heterocycles. The van der Waals surface area contributed by atoms with E-state index in [4.69, 9.17) is 4.98 Å². The maximum atomic E-state index is 13.8. The van der Waals surface area contributed by atoms with Gasteiger partial charge in [-0.1, -0.05) is 23.9 Å². The first-order valence-corrected chi connectivity index (χ1v) is 12.6. The molecule has 2 aliphatic rings. The Morgan fingerprint density at radius 2 is 2.06 bits per heavy atom. The van der Waals surface area contributed by atoms with E-state index in [0.717, 1.165) is 44.0 Å². The number of anilines is 3. The fourth-order valence-corrected chi connectivity index (χ4v) is 5.32. The molecule has 1 atom stereocenters. The summed E-state index contributed by atoms with van der Waals surface area (Å²) in [6.45, 7) is 3.13. The summed E-state index contributed by atoms with van der Waals surface area (Å²) >= 11 is 3.14. The third-order valence-corrected chi connectivity index (χ3v) is 7.45.